The van der Waals surface area contributed by atoms with Crippen LogP contribution in [0.3, 0.4) is 0 Å². The second kappa shape index (κ2) is 6.87. The summed E-state index contributed by atoms with van der Waals surface area (Å²) in [6, 6.07) is 9.37. The van der Waals surface area contributed by atoms with E-state index in [-0.39, 0.29) is 0 Å². The molecule has 1 fully saturated rings. The predicted octanol–water partition coefficient (Wildman–Crippen LogP) is 4.30. The maximum Gasteiger partial charge on any atom is 0.0612 e. The molecule has 1 aliphatic heterocycles. The van der Waals surface area contributed by atoms with Gasteiger partial charge in [0.2, 0.25) is 0 Å². The Morgan fingerprint density at radius 1 is 1.26 bits per heavy atom. The van der Waals surface area contributed by atoms with Crippen LogP contribution in [0.25, 0.3) is 0 Å². The van der Waals surface area contributed by atoms with Gasteiger partial charge < -0.3 is 10.1 Å². The van der Waals surface area contributed by atoms with E-state index in [1.807, 2.05) is 0 Å². The molecule has 1 N–H and O–H groups in total. The van der Waals surface area contributed by atoms with Crippen molar-refractivity contribution in [3.8, 4) is 0 Å². The smallest absolute Gasteiger partial charge is 0.0612 e. The minimum absolute atomic E-state index is 0.367. The van der Waals surface area contributed by atoms with Crippen molar-refractivity contribution in [2.45, 2.75) is 51.8 Å². The van der Waals surface area contributed by atoms with Crippen molar-refractivity contribution in [1.82, 2.24) is 5.32 Å². The zero-order valence-electron chi connectivity index (χ0n) is 12.0. The van der Waals surface area contributed by atoms with Crippen molar-refractivity contribution in [3.05, 3.63) is 34.3 Å². The topological polar surface area (TPSA) is 21.3 Å². The van der Waals surface area contributed by atoms with Crippen molar-refractivity contribution in [3.63, 3.8) is 0 Å². The highest BCUT2D eigenvalue weighted by atomic mass is 79.9. The van der Waals surface area contributed by atoms with Crippen molar-refractivity contribution < 1.29 is 4.74 Å². The van der Waals surface area contributed by atoms with Crippen molar-refractivity contribution in [2.24, 2.45) is 5.92 Å². The van der Waals surface area contributed by atoms with E-state index in [9.17, 15) is 0 Å². The van der Waals surface area contributed by atoms with Crippen LogP contribution >= 0.6 is 15.9 Å². The van der Waals surface area contributed by atoms with Crippen LogP contribution < -0.4 is 5.32 Å². The first-order valence-corrected chi connectivity index (χ1v) is 7.99. The molecule has 0 aromatic heterocycles. The van der Waals surface area contributed by atoms with Gasteiger partial charge in [0.15, 0.2) is 0 Å². The molecule has 2 rings (SSSR count). The molecule has 1 saturated heterocycles. The molecule has 19 heavy (non-hydrogen) atoms. The van der Waals surface area contributed by atoms with Gasteiger partial charge in [-0.25, -0.2) is 0 Å². The molecule has 3 unspecified atom stereocenters. The van der Waals surface area contributed by atoms with Crippen molar-refractivity contribution >= 4 is 15.9 Å². The van der Waals surface area contributed by atoms with E-state index in [4.69, 9.17) is 4.74 Å². The van der Waals surface area contributed by atoms with E-state index in [0.717, 1.165) is 19.4 Å². The molecule has 1 heterocycles. The Labute approximate surface area is 125 Å². The SMILES string of the molecule is CC(NC1CCOC(C(C)C)C1)c1ccccc1Br. The maximum atomic E-state index is 5.83. The molecule has 0 radical (unpaired) electrons. The average Bonchev–Trinajstić information content (AvgIpc) is 2.39. The lowest BCUT2D eigenvalue weighted by Gasteiger charge is -2.34. The lowest BCUT2D eigenvalue weighted by atomic mass is 9.94. The first-order chi connectivity index (χ1) is 9.08. The highest BCUT2D eigenvalue weighted by molar-refractivity contribution is 9.10. The number of hydrogen-bond acceptors (Lipinski definition) is 2. The van der Waals surface area contributed by atoms with E-state index in [2.05, 4.69) is 66.3 Å². The third-order valence-corrected chi connectivity index (χ3v) is 4.64. The fourth-order valence-corrected chi connectivity index (χ4v) is 3.34. The molecule has 0 amide bonds. The minimum atomic E-state index is 0.367. The molecule has 1 aliphatic rings. The summed E-state index contributed by atoms with van der Waals surface area (Å²) in [5.41, 5.74) is 1.33. The van der Waals surface area contributed by atoms with E-state index < -0.39 is 0 Å². The van der Waals surface area contributed by atoms with Crippen molar-refractivity contribution in [1.29, 1.82) is 0 Å². The predicted molar refractivity (Wildman–Crippen MR) is 83.3 cm³/mol. The van der Waals surface area contributed by atoms with Crippen LogP contribution in [0.5, 0.6) is 0 Å². The third-order valence-electron chi connectivity index (χ3n) is 3.92. The molecule has 0 saturated carbocycles. The molecule has 0 bridgehead atoms. The van der Waals surface area contributed by atoms with Gasteiger partial charge >= 0.3 is 0 Å². The van der Waals surface area contributed by atoms with E-state index >= 15 is 0 Å². The van der Waals surface area contributed by atoms with E-state index in [0.29, 0.717) is 24.1 Å². The van der Waals surface area contributed by atoms with Crippen LogP contribution in [0.4, 0.5) is 0 Å². The minimum Gasteiger partial charge on any atom is -0.378 e. The summed E-state index contributed by atoms with van der Waals surface area (Å²) in [5.74, 6) is 0.600. The normalized spacial score (nSPS) is 25.5. The van der Waals surface area contributed by atoms with Gasteiger partial charge in [-0.2, -0.15) is 0 Å². The summed E-state index contributed by atoms with van der Waals surface area (Å²) in [5, 5.41) is 3.75. The Balaban J connectivity index is 1.95. The third kappa shape index (κ3) is 4.04. The summed E-state index contributed by atoms with van der Waals surface area (Å²) < 4.78 is 7.01. The van der Waals surface area contributed by atoms with Crippen molar-refractivity contribution in [2.75, 3.05) is 6.61 Å². The Morgan fingerprint density at radius 3 is 2.68 bits per heavy atom. The average molecular weight is 326 g/mol. The fraction of sp³-hybridized carbons (Fsp3) is 0.625. The first kappa shape index (κ1) is 15.0. The number of rotatable bonds is 4. The summed E-state index contributed by atoms with van der Waals surface area (Å²) >= 11 is 3.63. The molecule has 2 nitrogen and oxygen atoms in total. The highest BCUT2D eigenvalue weighted by Gasteiger charge is 2.26. The molecular weight excluding hydrogens is 302 g/mol. The quantitative estimate of drug-likeness (QED) is 0.890. The highest BCUT2D eigenvalue weighted by Crippen LogP contribution is 2.26. The number of nitrogens with one attached hydrogen (secondary N) is 1. The Hall–Kier alpha value is -0.380. The summed E-state index contributed by atoms with van der Waals surface area (Å²) in [4.78, 5) is 0. The van der Waals surface area contributed by atoms with Gasteiger partial charge in [-0.05, 0) is 37.3 Å². The van der Waals surface area contributed by atoms with Crippen LogP contribution in [0, 0.1) is 5.92 Å². The molecule has 1 aromatic rings. The Bertz CT molecular complexity index is 407. The van der Waals surface area contributed by atoms with E-state index in [1.54, 1.807) is 0 Å². The van der Waals surface area contributed by atoms with Gasteiger partial charge in [-0.15, -0.1) is 0 Å². The number of benzene rings is 1. The van der Waals surface area contributed by atoms with Gasteiger partial charge in [0, 0.05) is 23.2 Å². The summed E-state index contributed by atoms with van der Waals surface area (Å²) in [6.07, 6.45) is 2.63. The standard InChI is InChI=1S/C16H24BrNO/c1-11(2)16-10-13(8-9-19-16)18-12(3)14-6-4-5-7-15(14)17/h4-7,11-13,16,18H,8-10H2,1-3H3. The van der Waals surface area contributed by atoms with Crippen LogP contribution in [-0.4, -0.2) is 18.8 Å². The van der Waals surface area contributed by atoms with E-state index in [1.165, 1.54) is 10.0 Å². The zero-order chi connectivity index (χ0) is 13.8. The Kier molecular flexibility index (Phi) is 5.43. The molecule has 3 atom stereocenters. The fourth-order valence-electron chi connectivity index (χ4n) is 2.71. The Morgan fingerprint density at radius 2 is 2.00 bits per heavy atom. The second-order valence-corrected chi connectivity index (χ2v) is 6.64. The van der Waals surface area contributed by atoms with Gasteiger partial charge in [0.25, 0.3) is 0 Å². The van der Waals surface area contributed by atoms with Gasteiger partial charge in [0.1, 0.15) is 0 Å². The largest absolute Gasteiger partial charge is 0.378 e. The molecular formula is C16H24BrNO. The number of halogens is 1. The molecule has 0 spiro atoms. The number of hydrogen-bond donors (Lipinski definition) is 1. The molecule has 0 aliphatic carbocycles. The molecule has 106 valence electrons. The van der Waals surface area contributed by atoms with Gasteiger partial charge in [0.05, 0.1) is 6.10 Å². The van der Waals surface area contributed by atoms with Gasteiger partial charge in [-0.1, -0.05) is 48.0 Å². The first-order valence-electron chi connectivity index (χ1n) is 7.20. The summed E-state index contributed by atoms with van der Waals surface area (Å²) in [6.45, 7) is 7.59. The second-order valence-electron chi connectivity index (χ2n) is 5.78. The van der Waals surface area contributed by atoms with Crippen LogP contribution in [-0.2, 0) is 4.74 Å². The maximum absolute atomic E-state index is 5.83. The lowest BCUT2D eigenvalue weighted by Crippen LogP contribution is -2.41. The monoisotopic (exact) mass is 325 g/mol. The van der Waals surface area contributed by atoms with Crippen LogP contribution in [0.1, 0.15) is 45.2 Å². The van der Waals surface area contributed by atoms with Crippen LogP contribution in [0.2, 0.25) is 0 Å². The summed E-state index contributed by atoms with van der Waals surface area (Å²) in [7, 11) is 0. The zero-order valence-corrected chi connectivity index (χ0v) is 13.6. The van der Waals surface area contributed by atoms with Crippen LogP contribution in [0.15, 0.2) is 28.7 Å². The lowest BCUT2D eigenvalue weighted by molar-refractivity contribution is -0.0257. The number of ether oxygens (including phenoxy) is 1. The van der Waals surface area contributed by atoms with Gasteiger partial charge in [-0.3, -0.25) is 0 Å². The molecule has 3 heteroatoms. The molecule has 1 aromatic carbocycles.